The molecule has 0 radical (unpaired) electrons. The maximum atomic E-state index is 11.7. The van der Waals surface area contributed by atoms with Crippen LogP contribution in [-0.4, -0.2) is 35.5 Å². The number of carbonyl (C=O) groups excluding carboxylic acids is 2. The van der Waals surface area contributed by atoms with E-state index in [1.165, 1.54) is 0 Å². The number of nitrogens with zero attached hydrogens (tertiary/aromatic N) is 1. The summed E-state index contributed by atoms with van der Waals surface area (Å²) in [6, 6.07) is 4.15. The molecule has 0 aromatic carbocycles. The molecule has 102 valence electrons. The molecule has 1 aromatic heterocycles. The van der Waals surface area contributed by atoms with Crippen LogP contribution in [0.1, 0.15) is 24.1 Å². The zero-order valence-corrected chi connectivity index (χ0v) is 11.4. The van der Waals surface area contributed by atoms with Crippen LogP contribution in [0.25, 0.3) is 0 Å². The molecule has 1 saturated heterocycles. The molecule has 1 aromatic rings. The number of hydrogen-bond donors (Lipinski definition) is 2. The quantitative estimate of drug-likeness (QED) is 0.873. The Bertz CT molecular complexity index is 470. The second-order valence-corrected chi connectivity index (χ2v) is 6.12. The topological polar surface area (TPSA) is 61.4 Å². The van der Waals surface area contributed by atoms with Gasteiger partial charge in [-0.05, 0) is 24.3 Å². The fraction of sp³-hybridized carbons (Fsp3) is 0.538. The Labute approximate surface area is 116 Å². The van der Waals surface area contributed by atoms with Crippen molar-refractivity contribution in [1.29, 1.82) is 0 Å². The van der Waals surface area contributed by atoms with Crippen LogP contribution in [0.15, 0.2) is 17.5 Å². The zero-order chi connectivity index (χ0) is 13.2. The van der Waals surface area contributed by atoms with E-state index in [1.807, 2.05) is 22.4 Å². The molecule has 1 saturated carbocycles. The molecule has 3 amide bonds. The van der Waals surface area contributed by atoms with Gasteiger partial charge in [0.05, 0.1) is 12.6 Å². The molecule has 5 nitrogen and oxygen atoms in total. The van der Waals surface area contributed by atoms with E-state index >= 15 is 0 Å². The minimum absolute atomic E-state index is 0.0450. The van der Waals surface area contributed by atoms with Crippen molar-refractivity contribution >= 4 is 23.3 Å². The molecule has 19 heavy (non-hydrogen) atoms. The van der Waals surface area contributed by atoms with Crippen LogP contribution in [0.4, 0.5) is 4.79 Å². The van der Waals surface area contributed by atoms with Crippen LogP contribution in [0.3, 0.4) is 0 Å². The van der Waals surface area contributed by atoms with Gasteiger partial charge in [-0.2, -0.15) is 0 Å². The van der Waals surface area contributed by atoms with E-state index < -0.39 is 0 Å². The SMILES string of the molecule is O=C(NCc1cccs1)N[C@H]1CC(=O)N(C2CC2)C1. The Morgan fingerprint density at radius 1 is 1.47 bits per heavy atom. The second-order valence-electron chi connectivity index (χ2n) is 5.08. The Morgan fingerprint density at radius 2 is 2.32 bits per heavy atom. The van der Waals surface area contributed by atoms with E-state index in [9.17, 15) is 9.59 Å². The van der Waals surface area contributed by atoms with Crippen molar-refractivity contribution in [2.24, 2.45) is 0 Å². The first-order valence-electron chi connectivity index (χ1n) is 6.58. The molecule has 2 fully saturated rings. The summed E-state index contributed by atoms with van der Waals surface area (Å²) in [7, 11) is 0. The fourth-order valence-electron chi connectivity index (χ4n) is 2.38. The van der Waals surface area contributed by atoms with Crippen molar-refractivity contribution < 1.29 is 9.59 Å². The highest BCUT2D eigenvalue weighted by Gasteiger charge is 2.39. The van der Waals surface area contributed by atoms with Crippen LogP contribution < -0.4 is 10.6 Å². The predicted molar refractivity (Wildman–Crippen MR) is 72.8 cm³/mol. The van der Waals surface area contributed by atoms with Gasteiger partial charge >= 0.3 is 6.03 Å². The number of thiophene rings is 1. The van der Waals surface area contributed by atoms with Crippen molar-refractivity contribution in [2.45, 2.75) is 37.9 Å². The Kier molecular flexibility index (Phi) is 3.42. The van der Waals surface area contributed by atoms with Crippen LogP contribution in [0, 0.1) is 0 Å². The molecule has 0 bridgehead atoms. The van der Waals surface area contributed by atoms with Gasteiger partial charge in [0.1, 0.15) is 0 Å². The molecule has 2 aliphatic rings. The second kappa shape index (κ2) is 5.21. The van der Waals surface area contributed by atoms with Gasteiger partial charge in [0, 0.05) is 23.9 Å². The monoisotopic (exact) mass is 279 g/mol. The first-order valence-corrected chi connectivity index (χ1v) is 7.46. The van der Waals surface area contributed by atoms with Crippen molar-refractivity contribution in [3.63, 3.8) is 0 Å². The third kappa shape index (κ3) is 3.07. The molecule has 1 atom stereocenters. The first kappa shape index (κ1) is 12.5. The summed E-state index contributed by atoms with van der Waals surface area (Å²) in [4.78, 5) is 26.5. The summed E-state index contributed by atoms with van der Waals surface area (Å²) in [5, 5.41) is 7.68. The third-order valence-corrected chi connectivity index (χ3v) is 4.36. The normalized spacial score (nSPS) is 22.6. The largest absolute Gasteiger partial charge is 0.338 e. The average molecular weight is 279 g/mol. The number of hydrogen-bond acceptors (Lipinski definition) is 3. The van der Waals surface area contributed by atoms with Gasteiger partial charge in [-0.25, -0.2) is 4.79 Å². The third-order valence-electron chi connectivity index (χ3n) is 3.48. The average Bonchev–Trinajstić information content (AvgIpc) is 2.96. The van der Waals surface area contributed by atoms with Gasteiger partial charge in [0.2, 0.25) is 5.91 Å². The molecule has 6 heteroatoms. The van der Waals surface area contributed by atoms with E-state index in [-0.39, 0.29) is 18.0 Å². The summed E-state index contributed by atoms with van der Waals surface area (Å²) in [5.41, 5.74) is 0. The van der Waals surface area contributed by atoms with Gasteiger partial charge in [0.15, 0.2) is 0 Å². The number of amides is 3. The van der Waals surface area contributed by atoms with E-state index in [2.05, 4.69) is 10.6 Å². The fourth-order valence-corrected chi connectivity index (χ4v) is 3.03. The summed E-state index contributed by atoms with van der Waals surface area (Å²) < 4.78 is 0. The maximum absolute atomic E-state index is 11.7. The molecule has 0 unspecified atom stereocenters. The standard InChI is InChI=1S/C13H17N3O2S/c17-12-6-9(8-16(12)10-3-4-10)15-13(18)14-7-11-2-1-5-19-11/h1-2,5,9-10H,3-4,6-8H2,(H2,14,15,18)/t9-/m0/s1. The van der Waals surface area contributed by atoms with E-state index in [0.29, 0.717) is 25.6 Å². The zero-order valence-electron chi connectivity index (χ0n) is 10.6. The lowest BCUT2D eigenvalue weighted by Gasteiger charge is -2.16. The molecule has 3 rings (SSSR count). The number of carbonyl (C=O) groups is 2. The van der Waals surface area contributed by atoms with Gasteiger partial charge in [-0.3, -0.25) is 4.79 Å². The van der Waals surface area contributed by atoms with Gasteiger partial charge in [0.25, 0.3) is 0 Å². The van der Waals surface area contributed by atoms with Crippen LogP contribution in [-0.2, 0) is 11.3 Å². The van der Waals surface area contributed by atoms with E-state index in [0.717, 1.165) is 17.7 Å². The minimum atomic E-state index is -0.191. The van der Waals surface area contributed by atoms with Gasteiger partial charge in [-0.15, -0.1) is 11.3 Å². The summed E-state index contributed by atoms with van der Waals surface area (Å²) >= 11 is 1.62. The number of urea groups is 1. The maximum Gasteiger partial charge on any atom is 0.315 e. The Balaban J connectivity index is 1.43. The highest BCUT2D eigenvalue weighted by atomic mass is 32.1. The molecule has 2 heterocycles. The van der Waals surface area contributed by atoms with Crippen molar-refractivity contribution in [3.8, 4) is 0 Å². The smallest absolute Gasteiger partial charge is 0.315 e. The van der Waals surface area contributed by atoms with Gasteiger partial charge in [-0.1, -0.05) is 6.07 Å². The predicted octanol–water partition coefficient (Wildman–Crippen LogP) is 1.31. The molecule has 1 aliphatic heterocycles. The lowest BCUT2D eigenvalue weighted by molar-refractivity contribution is -0.128. The van der Waals surface area contributed by atoms with E-state index in [4.69, 9.17) is 0 Å². The highest BCUT2D eigenvalue weighted by Crippen LogP contribution is 2.30. The molecular formula is C13H17N3O2S. The molecular weight excluding hydrogens is 262 g/mol. The van der Waals surface area contributed by atoms with Crippen molar-refractivity contribution in [3.05, 3.63) is 22.4 Å². The molecule has 2 N–H and O–H groups in total. The summed E-state index contributed by atoms with van der Waals surface area (Å²) in [6.45, 7) is 1.20. The van der Waals surface area contributed by atoms with Crippen molar-refractivity contribution in [1.82, 2.24) is 15.5 Å². The first-order chi connectivity index (χ1) is 9.22. The number of likely N-dealkylation sites (tertiary alicyclic amines) is 1. The van der Waals surface area contributed by atoms with Gasteiger partial charge < -0.3 is 15.5 Å². The van der Waals surface area contributed by atoms with E-state index in [1.54, 1.807) is 11.3 Å². The minimum Gasteiger partial charge on any atom is -0.338 e. The Morgan fingerprint density at radius 3 is 3.00 bits per heavy atom. The lowest BCUT2D eigenvalue weighted by atomic mass is 10.2. The Hall–Kier alpha value is -1.56. The summed E-state index contributed by atoms with van der Waals surface area (Å²) in [5.74, 6) is 0.172. The number of nitrogens with one attached hydrogen (secondary N) is 2. The van der Waals surface area contributed by atoms with Crippen LogP contribution >= 0.6 is 11.3 Å². The molecule has 0 spiro atoms. The van der Waals surface area contributed by atoms with Crippen molar-refractivity contribution in [2.75, 3.05) is 6.54 Å². The lowest BCUT2D eigenvalue weighted by Crippen LogP contribution is -2.43. The van der Waals surface area contributed by atoms with Crippen LogP contribution in [0.2, 0.25) is 0 Å². The van der Waals surface area contributed by atoms with Crippen LogP contribution in [0.5, 0.6) is 0 Å². The highest BCUT2D eigenvalue weighted by molar-refractivity contribution is 7.09. The summed E-state index contributed by atoms with van der Waals surface area (Å²) in [6.07, 6.45) is 2.66. The molecule has 1 aliphatic carbocycles. The number of rotatable bonds is 4.